The van der Waals surface area contributed by atoms with Crippen LogP contribution in [0.4, 0.5) is 0 Å². The molecule has 0 atom stereocenters. The van der Waals surface area contributed by atoms with Crippen molar-refractivity contribution in [2.24, 2.45) is 0 Å². The molecule has 15 heavy (non-hydrogen) atoms. The summed E-state index contributed by atoms with van der Waals surface area (Å²) in [7, 11) is 0. The van der Waals surface area contributed by atoms with Crippen molar-refractivity contribution in [1.29, 1.82) is 0 Å². The standard InChI is InChI=1S/C12H16ClN.ClH/c1-9-11(3-2-4-12(9)13)10-5-7-14-8-6-10;/h2-4,10,14H,5-8H2,1H3;1H. The van der Waals surface area contributed by atoms with Gasteiger partial charge in [-0.05, 0) is 56.0 Å². The molecule has 0 amide bonds. The highest BCUT2D eigenvalue weighted by Gasteiger charge is 2.17. The highest BCUT2D eigenvalue weighted by Crippen LogP contribution is 2.30. The minimum atomic E-state index is 0. The average Bonchev–Trinajstić information content (AvgIpc) is 2.23. The zero-order chi connectivity index (χ0) is 9.97. The molecule has 0 unspecified atom stereocenters. The fourth-order valence-electron chi connectivity index (χ4n) is 2.20. The normalized spacial score (nSPS) is 17.2. The lowest BCUT2D eigenvalue weighted by Crippen LogP contribution is -2.26. The fraction of sp³-hybridized carbons (Fsp3) is 0.500. The van der Waals surface area contributed by atoms with E-state index in [2.05, 4.69) is 24.4 Å². The summed E-state index contributed by atoms with van der Waals surface area (Å²) in [5, 5.41) is 4.29. The van der Waals surface area contributed by atoms with Gasteiger partial charge in [-0.1, -0.05) is 23.7 Å². The Labute approximate surface area is 103 Å². The molecule has 1 aliphatic heterocycles. The molecule has 3 heteroatoms. The van der Waals surface area contributed by atoms with Gasteiger partial charge in [0.1, 0.15) is 0 Å². The molecule has 0 spiro atoms. The number of hydrogen-bond acceptors (Lipinski definition) is 1. The molecule has 1 aromatic rings. The lowest BCUT2D eigenvalue weighted by molar-refractivity contribution is 0.459. The van der Waals surface area contributed by atoms with Crippen LogP contribution in [-0.4, -0.2) is 13.1 Å². The second-order valence-corrected chi connectivity index (χ2v) is 4.39. The van der Waals surface area contributed by atoms with Crippen LogP contribution in [0.3, 0.4) is 0 Å². The predicted octanol–water partition coefficient (Wildman–Crippen LogP) is 3.54. The smallest absolute Gasteiger partial charge is 0.0438 e. The summed E-state index contributed by atoms with van der Waals surface area (Å²) in [6.07, 6.45) is 2.47. The Hall–Kier alpha value is -0.240. The number of halogens is 2. The van der Waals surface area contributed by atoms with Gasteiger partial charge >= 0.3 is 0 Å². The summed E-state index contributed by atoms with van der Waals surface area (Å²) in [5.41, 5.74) is 2.71. The van der Waals surface area contributed by atoms with Crippen molar-refractivity contribution in [2.75, 3.05) is 13.1 Å². The van der Waals surface area contributed by atoms with Crippen LogP contribution in [0, 0.1) is 6.92 Å². The molecule has 1 heterocycles. The third-order valence-corrected chi connectivity index (χ3v) is 3.50. The Morgan fingerprint density at radius 2 is 1.93 bits per heavy atom. The van der Waals surface area contributed by atoms with Gasteiger partial charge in [0.15, 0.2) is 0 Å². The molecular formula is C12H17Cl2N. The number of piperidine rings is 1. The Balaban J connectivity index is 0.00000112. The van der Waals surface area contributed by atoms with E-state index in [0.717, 1.165) is 18.1 Å². The zero-order valence-electron chi connectivity index (χ0n) is 8.92. The number of rotatable bonds is 1. The molecule has 1 nitrogen and oxygen atoms in total. The molecule has 2 rings (SSSR count). The average molecular weight is 246 g/mol. The van der Waals surface area contributed by atoms with Crippen LogP contribution < -0.4 is 5.32 Å². The molecule has 0 radical (unpaired) electrons. The number of hydrogen-bond donors (Lipinski definition) is 1. The van der Waals surface area contributed by atoms with Crippen LogP contribution in [0.15, 0.2) is 18.2 Å². The van der Waals surface area contributed by atoms with Crippen molar-refractivity contribution in [3.8, 4) is 0 Å². The van der Waals surface area contributed by atoms with E-state index in [1.165, 1.54) is 24.0 Å². The maximum Gasteiger partial charge on any atom is 0.0438 e. The van der Waals surface area contributed by atoms with Gasteiger partial charge in [-0.2, -0.15) is 0 Å². The van der Waals surface area contributed by atoms with Crippen molar-refractivity contribution in [3.63, 3.8) is 0 Å². The SMILES string of the molecule is Cc1c(Cl)cccc1C1CCNCC1.Cl. The van der Waals surface area contributed by atoms with Gasteiger partial charge in [0, 0.05) is 5.02 Å². The van der Waals surface area contributed by atoms with Gasteiger partial charge in [-0.3, -0.25) is 0 Å². The second kappa shape index (κ2) is 5.74. The van der Waals surface area contributed by atoms with E-state index in [0.29, 0.717) is 5.92 Å². The predicted molar refractivity (Wildman–Crippen MR) is 68.3 cm³/mol. The summed E-state index contributed by atoms with van der Waals surface area (Å²) in [6, 6.07) is 6.26. The van der Waals surface area contributed by atoms with E-state index in [1.807, 2.05) is 6.07 Å². The van der Waals surface area contributed by atoms with Crippen LogP contribution in [0.1, 0.15) is 29.9 Å². The van der Waals surface area contributed by atoms with Crippen molar-refractivity contribution >= 4 is 24.0 Å². The van der Waals surface area contributed by atoms with Gasteiger partial charge < -0.3 is 5.32 Å². The first-order valence-corrected chi connectivity index (χ1v) is 5.62. The lowest BCUT2D eigenvalue weighted by atomic mass is 9.87. The minimum Gasteiger partial charge on any atom is -0.317 e. The largest absolute Gasteiger partial charge is 0.317 e. The molecule has 1 fully saturated rings. The molecule has 0 bridgehead atoms. The van der Waals surface area contributed by atoms with Gasteiger partial charge in [0.05, 0.1) is 0 Å². The highest BCUT2D eigenvalue weighted by molar-refractivity contribution is 6.31. The fourth-order valence-corrected chi connectivity index (χ4v) is 2.38. The summed E-state index contributed by atoms with van der Waals surface area (Å²) in [4.78, 5) is 0. The van der Waals surface area contributed by atoms with Crippen molar-refractivity contribution < 1.29 is 0 Å². The third kappa shape index (κ3) is 2.87. The van der Waals surface area contributed by atoms with E-state index in [9.17, 15) is 0 Å². The molecule has 0 aromatic heterocycles. The number of benzene rings is 1. The monoisotopic (exact) mass is 245 g/mol. The first-order valence-electron chi connectivity index (χ1n) is 5.25. The summed E-state index contributed by atoms with van der Waals surface area (Å²) in [5.74, 6) is 0.704. The maximum atomic E-state index is 6.12. The van der Waals surface area contributed by atoms with Gasteiger partial charge in [-0.25, -0.2) is 0 Å². The van der Waals surface area contributed by atoms with Crippen molar-refractivity contribution in [3.05, 3.63) is 34.3 Å². The van der Waals surface area contributed by atoms with E-state index >= 15 is 0 Å². The van der Waals surface area contributed by atoms with Crippen LogP contribution >= 0.6 is 24.0 Å². The van der Waals surface area contributed by atoms with E-state index < -0.39 is 0 Å². The van der Waals surface area contributed by atoms with Crippen molar-refractivity contribution in [2.45, 2.75) is 25.7 Å². The first-order chi connectivity index (χ1) is 6.79. The molecule has 1 aliphatic rings. The molecule has 0 aliphatic carbocycles. The molecule has 1 N–H and O–H groups in total. The van der Waals surface area contributed by atoms with Gasteiger partial charge in [0.25, 0.3) is 0 Å². The molecule has 84 valence electrons. The second-order valence-electron chi connectivity index (χ2n) is 3.98. The Morgan fingerprint density at radius 1 is 1.27 bits per heavy atom. The van der Waals surface area contributed by atoms with E-state index in [4.69, 9.17) is 11.6 Å². The Bertz CT molecular complexity index is 319. The Kier molecular flexibility index (Phi) is 4.91. The van der Waals surface area contributed by atoms with E-state index in [1.54, 1.807) is 0 Å². The van der Waals surface area contributed by atoms with Crippen LogP contribution in [0.2, 0.25) is 5.02 Å². The zero-order valence-corrected chi connectivity index (χ0v) is 10.5. The van der Waals surface area contributed by atoms with Crippen LogP contribution in [-0.2, 0) is 0 Å². The van der Waals surface area contributed by atoms with Crippen molar-refractivity contribution in [1.82, 2.24) is 5.32 Å². The first kappa shape index (κ1) is 12.8. The summed E-state index contributed by atoms with van der Waals surface area (Å²) >= 11 is 6.12. The highest BCUT2D eigenvalue weighted by atomic mass is 35.5. The summed E-state index contributed by atoms with van der Waals surface area (Å²) in [6.45, 7) is 4.40. The maximum absolute atomic E-state index is 6.12. The summed E-state index contributed by atoms with van der Waals surface area (Å²) < 4.78 is 0. The quantitative estimate of drug-likeness (QED) is 0.799. The van der Waals surface area contributed by atoms with E-state index in [-0.39, 0.29) is 12.4 Å². The molecule has 1 saturated heterocycles. The topological polar surface area (TPSA) is 12.0 Å². The third-order valence-electron chi connectivity index (χ3n) is 3.09. The molecular weight excluding hydrogens is 229 g/mol. The van der Waals surface area contributed by atoms with Crippen LogP contribution in [0.25, 0.3) is 0 Å². The lowest BCUT2D eigenvalue weighted by Gasteiger charge is -2.24. The van der Waals surface area contributed by atoms with Crippen LogP contribution in [0.5, 0.6) is 0 Å². The molecule has 0 saturated carbocycles. The minimum absolute atomic E-state index is 0. The Morgan fingerprint density at radius 3 is 2.60 bits per heavy atom. The number of nitrogens with one attached hydrogen (secondary N) is 1. The van der Waals surface area contributed by atoms with Gasteiger partial charge in [-0.15, -0.1) is 12.4 Å². The van der Waals surface area contributed by atoms with Gasteiger partial charge in [0.2, 0.25) is 0 Å². The molecule has 1 aromatic carbocycles.